The van der Waals surface area contributed by atoms with Crippen LogP contribution in [0.15, 0.2) is 24.5 Å². The Bertz CT molecular complexity index is 591. The molecule has 0 radical (unpaired) electrons. The predicted molar refractivity (Wildman–Crippen MR) is 82.4 cm³/mol. The summed E-state index contributed by atoms with van der Waals surface area (Å²) in [5, 5.41) is 3.46. The van der Waals surface area contributed by atoms with Crippen molar-refractivity contribution < 1.29 is 4.74 Å². The van der Waals surface area contributed by atoms with Crippen molar-refractivity contribution in [2.45, 2.75) is 19.4 Å². The van der Waals surface area contributed by atoms with E-state index in [-0.39, 0.29) is 0 Å². The van der Waals surface area contributed by atoms with Gasteiger partial charge in [0, 0.05) is 25.5 Å². The molecule has 0 amide bonds. The predicted octanol–water partition coefficient (Wildman–Crippen LogP) is 1.23. The van der Waals surface area contributed by atoms with Crippen LogP contribution in [0, 0.1) is 0 Å². The summed E-state index contributed by atoms with van der Waals surface area (Å²) >= 11 is 0. The zero-order valence-electron chi connectivity index (χ0n) is 12.3. The smallest absolute Gasteiger partial charge is 0.180 e. The molecule has 6 heteroatoms. The second kappa shape index (κ2) is 6.78. The lowest BCUT2D eigenvalue weighted by Crippen LogP contribution is -2.51. The summed E-state index contributed by atoms with van der Waals surface area (Å²) in [7, 11) is 0. The van der Waals surface area contributed by atoms with Crippen LogP contribution in [0.1, 0.15) is 13.3 Å². The number of pyridine rings is 1. The van der Waals surface area contributed by atoms with Crippen molar-refractivity contribution in [1.82, 2.24) is 20.3 Å². The monoisotopic (exact) mass is 287 g/mol. The van der Waals surface area contributed by atoms with E-state index < -0.39 is 0 Å². The first-order valence-corrected chi connectivity index (χ1v) is 7.51. The highest BCUT2D eigenvalue weighted by atomic mass is 16.5. The van der Waals surface area contributed by atoms with Gasteiger partial charge in [0.15, 0.2) is 5.65 Å². The minimum atomic E-state index is 0.312. The highest BCUT2D eigenvalue weighted by Crippen LogP contribution is 2.19. The third-order valence-electron chi connectivity index (χ3n) is 3.65. The molecular formula is C15H21N5O. The van der Waals surface area contributed by atoms with Crippen molar-refractivity contribution in [3.05, 3.63) is 24.5 Å². The van der Waals surface area contributed by atoms with Gasteiger partial charge in [-0.1, -0.05) is 6.92 Å². The van der Waals surface area contributed by atoms with Crippen LogP contribution in [0.3, 0.4) is 0 Å². The first kappa shape index (κ1) is 14.2. The molecule has 0 aliphatic carbocycles. The molecule has 1 N–H and O–H groups in total. The molecule has 1 atom stereocenters. The zero-order chi connectivity index (χ0) is 14.5. The van der Waals surface area contributed by atoms with Gasteiger partial charge in [-0.3, -0.25) is 4.98 Å². The Kier molecular flexibility index (Phi) is 4.57. The fourth-order valence-electron chi connectivity index (χ4n) is 2.58. The molecule has 21 heavy (non-hydrogen) atoms. The van der Waals surface area contributed by atoms with Crippen molar-refractivity contribution in [2.24, 2.45) is 0 Å². The number of aromatic nitrogens is 3. The van der Waals surface area contributed by atoms with Crippen molar-refractivity contribution in [2.75, 3.05) is 37.7 Å². The molecule has 0 spiro atoms. The number of rotatable bonds is 5. The van der Waals surface area contributed by atoms with E-state index in [1.165, 1.54) is 0 Å². The van der Waals surface area contributed by atoms with Gasteiger partial charge in [-0.05, 0) is 25.1 Å². The van der Waals surface area contributed by atoms with Crippen LogP contribution in [-0.2, 0) is 4.74 Å². The lowest BCUT2D eigenvalue weighted by molar-refractivity contribution is 0.0934. The molecule has 0 saturated carbocycles. The fourth-order valence-corrected chi connectivity index (χ4v) is 2.58. The lowest BCUT2D eigenvalue weighted by atomic mass is 10.2. The van der Waals surface area contributed by atoms with Gasteiger partial charge < -0.3 is 15.0 Å². The summed E-state index contributed by atoms with van der Waals surface area (Å²) < 4.78 is 5.61. The van der Waals surface area contributed by atoms with Crippen LogP contribution in [0.5, 0.6) is 0 Å². The Balaban J connectivity index is 1.80. The van der Waals surface area contributed by atoms with E-state index >= 15 is 0 Å². The third kappa shape index (κ3) is 3.28. The van der Waals surface area contributed by atoms with Crippen LogP contribution in [0.25, 0.3) is 11.2 Å². The molecule has 1 aliphatic heterocycles. The molecular weight excluding hydrogens is 266 g/mol. The standard InChI is InChI=1S/C15H21N5O/c1-2-5-16-10-12-11-21-9-8-20(12)14-4-3-13-15(19-14)18-7-6-17-13/h3-4,6-7,12,16H,2,5,8-11H2,1H3. The van der Waals surface area contributed by atoms with E-state index in [0.29, 0.717) is 11.7 Å². The van der Waals surface area contributed by atoms with Crippen LogP contribution < -0.4 is 10.2 Å². The second-order valence-electron chi connectivity index (χ2n) is 5.19. The maximum absolute atomic E-state index is 5.61. The maximum Gasteiger partial charge on any atom is 0.180 e. The average molecular weight is 287 g/mol. The summed E-state index contributed by atoms with van der Waals surface area (Å²) in [6, 6.07) is 4.32. The molecule has 1 aliphatic rings. The average Bonchev–Trinajstić information content (AvgIpc) is 2.55. The highest BCUT2D eigenvalue weighted by Gasteiger charge is 2.24. The van der Waals surface area contributed by atoms with Gasteiger partial charge >= 0.3 is 0 Å². The number of fused-ring (bicyclic) bond motifs is 1. The largest absolute Gasteiger partial charge is 0.377 e. The molecule has 1 fully saturated rings. The lowest BCUT2D eigenvalue weighted by Gasteiger charge is -2.36. The number of morpholine rings is 1. The Hall–Kier alpha value is -1.79. The van der Waals surface area contributed by atoms with Crippen LogP contribution in [-0.4, -0.2) is 53.8 Å². The topological polar surface area (TPSA) is 63.2 Å². The maximum atomic E-state index is 5.61. The van der Waals surface area contributed by atoms with Gasteiger partial charge in [0.2, 0.25) is 0 Å². The Morgan fingerprint density at radius 1 is 1.33 bits per heavy atom. The number of ether oxygens (including phenoxy) is 1. The number of anilines is 1. The first-order valence-electron chi connectivity index (χ1n) is 7.51. The van der Waals surface area contributed by atoms with E-state index in [4.69, 9.17) is 4.74 Å². The van der Waals surface area contributed by atoms with Crippen molar-refractivity contribution in [1.29, 1.82) is 0 Å². The summed E-state index contributed by atoms with van der Waals surface area (Å²) in [4.78, 5) is 15.5. The number of hydrogen-bond donors (Lipinski definition) is 1. The van der Waals surface area contributed by atoms with Crippen LogP contribution in [0.2, 0.25) is 0 Å². The Morgan fingerprint density at radius 3 is 3.14 bits per heavy atom. The molecule has 2 aromatic rings. The molecule has 112 valence electrons. The minimum Gasteiger partial charge on any atom is -0.377 e. The summed E-state index contributed by atoms with van der Waals surface area (Å²) in [6.07, 6.45) is 4.51. The van der Waals surface area contributed by atoms with Gasteiger partial charge in [0.1, 0.15) is 11.3 Å². The van der Waals surface area contributed by atoms with Gasteiger partial charge in [-0.25, -0.2) is 9.97 Å². The Morgan fingerprint density at radius 2 is 2.24 bits per heavy atom. The van der Waals surface area contributed by atoms with Gasteiger partial charge in [0.05, 0.1) is 19.3 Å². The molecule has 6 nitrogen and oxygen atoms in total. The highest BCUT2D eigenvalue weighted by molar-refractivity contribution is 5.71. The molecule has 3 heterocycles. The van der Waals surface area contributed by atoms with E-state index in [1.54, 1.807) is 12.4 Å². The van der Waals surface area contributed by atoms with Crippen LogP contribution >= 0.6 is 0 Å². The van der Waals surface area contributed by atoms with Crippen LogP contribution in [0.4, 0.5) is 5.82 Å². The van der Waals surface area contributed by atoms with Crippen molar-refractivity contribution in [3.8, 4) is 0 Å². The molecule has 1 saturated heterocycles. The molecule has 3 rings (SSSR count). The minimum absolute atomic E-state index is 0.312. The van der Waals surface area contributed by atoms with E-state index in [9.17, 15) is 0 Å². The quantitative estimate of drug-likeness (QED) is 0.835. The molecule has 0 aromatic carbocycles. The number of nitrogens with one attached hydrogen (secondary N) is 1. The number of nitrogens with zero attached hydrogens (tertiary/aromatic N) is 4. The van der Waals surface area contributed by atoms with Gasteiger partial charge in [-0.2, -0.15) is 0 Å². The molecule has 1 unspecified atom stereocenters. The third-order valence-corrected chi connectivity index (χ3v) is 3.65. The number of hydrogen-bond acceptors (Lipinski definition) is 6. The van der Waals surface area contributed by atoms with Gasteiger partial charge in [-0.15, -0.1) is 0 Å². The summed E-state index contributed by atoms with van der Waals surface area (Å²) in [6.45, 7) is 6.44. The summed E-state index contributed by atoms with van der Waals surface area (Å²) in [5.41, 5.74) is 1.52. The second-order valence-corrected chi connectivity index (χ2v) is 5.19. The van der Waals surface area contributed by atoms with Gasteiger partial charge in [0.25, 0.3) is 0 Å². The van der Waals surface area contributed by atoms with Crippen molar-refractivity contribution in [3.63, 3.8) is 0 Å². The Labute approximate surface area is 124 Å². The summed E-state index contributed by atoms with van der Waals surface area (Å²) in [5.74, 6) is 0.953. The SMILES string of the molecule is CCCNCC1COCCN1c1ccc2nccnc2n1. The fraction of sp³-hybridized carbons (Fsp3) is 0.533. The molecule has 0 bridgehead atoms. The molecule has 2 aromatic heterocycles. The van der Waals surface area contributed by atoms with E-state index in [0.717, 1.165) is 50.6 Å². The first-order chi connectivity index (χ1) is 10.4. The normalized spacial score (nSPS) is 19.1. The zero-order valence-corrected chi connectivity index (χ0v) is 12.3. The van der Waals surface area contributed by atoms with E-state index in [1.807, 2.05) is 12.1 Å². The van der Waals surface area contributed by atoms with Crippen molar-refractivity contribution >= 4 is 17.0 Å². The van der Waals surface area contributed by atoms with E-state index in [2.05, 4.69) is 32.1 Å².